The van der Waals surface area contributed by atoms with Gasteiger partial charge in [0.15, 0.2) is 0 Å². The van der Waals surface area contributed by atoms with E-state index in [-0.39, 0.29) is 22.7 Å². The fourth-order valence-electron chi connectivity index (χ4n) is 3.41. The minimum Gasteiger partial charge on any atom is -0.338 e. The number of amides is 2. The SMILES string of the molecule is O=C(Nc1cccc(Cl)c1)c1nnc(C2CCCN(C(=O)c3cccc(F)c3)C2)s1. The molecule has 2 aromatic carbocycles. The Labute approximate surface area is 181 Å². The number of nitrogens with one attached hydrogen (secondary N) is 1. The zero-order valence-corrected chi connectivity index (χ0v) is 17.4. The molecule has 2 amide bonds. The molecule has 0 aliphatic carbocycles. The van der Waals surface area contributed by atoms with Crippen LogP contribution in [0.3, 0.4) is 0 Å². The standard InChI is InChI=1S/C21H18ClFN4O2S/c22-15-6-2-8-17(11-15)24-18(28)20-26-25-19(30-20)14-5-3-9-27(12-14)21(29)13-4-1-7-16(23)10-13/h1-2,4,6-8,10-11,14H,3,5,9,12H2,(H,24,28). The minimum absolute atomic E-state index is 0.0125. The van der Waals surface area contributed by atoms with Gasteiger partial charge < -0.3 is 10.2 Å². The summed E-state index contributed by atoms with van der Waals surface area (Å²) < 4.78 is 13.5. The van der Waals surface area contributed by atoms with Gasteiger partial charge in [-0.05, 0) is 49.2 Å². The molecule has 0 saturated carbocycles. The van der Waals surface area contributed by atoms with Gasteiger partial charge in [-0.2, -0.15) is 0 Å². The summed E-state index contributed by atoms with van der Waals surface area (Å²) in [4.78, 5) is 26.9. The monoisotopic (exact) mass is 444 g/mol. The quantitative estimate of drug-likeness (QED) is 0.638. The highest BCUT2D eigenvalue weighted by Crippen LogP contribution is 2.30. The van der Waals surface area contributed by atoms with Crippen molar-refractivity contribution in [3.05, 3.63) is 74.9 Å². The lowest BCUT2D eigenvalue weighted by Gasteiger charge is -2.31. The lowest BCUT2D eigenvalue weighted by Crippen LogP contribution is -2.39. The highest BCUT2D eigenvalue weighted by Gasteiger charge is 2.28. The zero-order valence-electron chi connectivity index (χ0n) is 15.8. The normalized spacial score (nSPS) is 16.3. The first-order chi connectivity index (χ1) is 14.5. The number of rotatable bonds is 4. The molecule has 2 heterocycles. The van der Waals surface area contributed by atoms with Gasteiger partial charge in [0.25, 0.3) is 11.8 Å². The van der Waals surface area contributed by atoms with Crippen LogP contribution in [0.1, 0.15) is 43.9 Å². The number of aromatic nitrogens is 2. The smallest absolute Gasteiger partial charge is 0.286 e. The van der Waals surface area contributed by atoms with Crippen LogP contribution in [0.4, 0.5) is 10.1 Å². The maximum absolute atomic E-state index is 13.5. The molecule has 1 atom stereocenters. The summed E-state index contributed by atoms with van der Waals surface area (Å²) in [6.07, 6.45) is 1.65. The van der Waals surface area contributed by atoms with Crippen LogP contribution in [-0.4, -0.2) is 40.0 Å². The van der Waals surface area contributed by atoms with Crippen molar-refractivity contribution in [1.82, 2.24) is 15.1 Å². The number of carbonyl (C=O) groups is 2. The van der Waals surface area contributed by atoms with E-state index in [9.17, 15) is 14.0 Å². The van der Waals surface area contributed by atoms with Crippen molar-refractivity contribution in [2.45, 2.75) is 18.8 Å². The van der Waals surface area contributed by atoms with Gasteiger partial charge in [0.05, 0.1) is 0 Å². The van der Waals surface area contributed by atoms with Crippen LogP contribution in [-0.2, 0) is 0 Å². The summed E-state index contributed by atoms with van der Waals surface area (Å²) in [5.41, 5.74) is 0.906. The number of hydrogen-bond donors (Lipinski definition) is 1. The average Bonchev–Trinajstić information content (AvgIpc) is 3.24. The molecule has 4 rings (SSSR count). The molecule has 9 heteroatoms. The van der Waals surface area contributed by atoms with E-state index in [1.165, 1.54) is 29.5 Å². The van der Waals surface area contributed by atoms with Crippen LogP contribution < -0.4 is 5.32 Å². The maximum atomic E-state index is 13.5. The average molecular weight is 445 g/mol. The van der Waals surface area contributed by atoms with Gasteiger partial charge in [-0.3, -0.25) is 9.59 Å². The lowest BCUT2D eigenvalue weighted by molar-refractivity contribution is 0.0706. The van der Waals surface area contributed by atoms with E-state index >= 15 is 0 Å². The summed E-state index contributed by atoms with van der Waals surface area (Å²) in [6.45, 7) is 1.06. The van der Waals surface area contributed by atoms with Gasteiger partial charge in [0, 0.05) is 35.3 Å². The third-order valence-electron chi connectivity index (χ3n) is 4.85. The van der Waals surface area contributed by atoms with Crippen molar-refractivity contribution < 1.29 is 14.0 Å². The van der Waals surface area contributed by atoms with Gasteiger partial charge in [0.2, 0.25) is 5.01 Å². The molecular weight excluding hydrogens is 427 g/mol. The molecule has 1 N–H and O–H groups in total. The first-order valence-corrected chi connectivity index (χ1v) is 10.6. The van der Waals surface area contributed by atoms with Crippen LogP contribution in [0.25, 0.3) is 0 Å². The molecule has 1 aliphatic heterocycles. The number of anilines is 1. The number of halogens is 2. The fraction of sp³-hybridized carbons (Fsp3) is 0.238. The first-order valence-electron chi connectivity index (χ1n) is 9.45. The largest absolute Gasteiger partial charge is 0.338 e. The molecule has 1 unspecified atom stereocenters. The Balaban J connectivity index is 1.44. The van der Waals surface area contributed by atoms with Gasteiger partial charge in [-0.1, -0.05) is 35.1 Å². The number of likely N-dealkylation sites (tertiary alicyclic amines) is 1. The third-order valence-corrected chi connectivity index (χ3v) is 6.17. The number of nitrogens with zero attached hydrogens (tertiary/aromatic N) is 3. The number of piperidine rings is 1. The molecule has 154 valence electrons. The van der Waals surface area contributed by atoms with Crippen molar-refractivity contribution in [3.8, 4) is 0 Å². The Morgan fingerprint density at radius 1 is 1.17 bits per heavy atom. The van der Waals surface area contributed by atoms with Crippen LogP contribution in [0.2, 0.25) is 5.02 Å². The summed E-state index contributed by atoms with van der Waals surface area (Å²) in [6, 6.07) is 12.6. The predicted octanol–water partition coefficient (Wildman–Crippen LogP) is 4.60. The molecular formula is C21H18ClFN4O2S. The fourth-order valence-corrected chi connectivity index (χ4v) is 4.46. The molecule has 6 nitrogen and oxygen atoms in total. The van der Waals surface area contributed by atoms with Gasteiger partial charge in [0.1, 0.15) is 10.8 Å². The van der Waals surface area contributed by atoms with Crippen molar-refractivity contribution in [2.75, 3.05) is 18.4 Å². The summed E-state index contributed by atoms with van der Waals surface area (Å²) in [5.74, 6) is -1.01. The summed E-state index contributed by atoms with van der Waals surface area (Å²) >= 11 is 7.16. The second-order valence-corrected chi connectivity index (χ2v) is 8.46. The predicted molar refractivity (Wildman–Crippen MR) is 114 cm³/mol. The Bertz CT molecular complexity index is 1090. The Kier molecular flexibility index (Phi) is 6.06. The van der Waals surface area contributed by atoms with Crippen molar-refractivity contribution in [2.24, 2.45) is 0 Å². The Hall–Kier alpha value is -2.84. The van der Waals surface area contributed by atoms with E-state index in [4.69, 9.17) is 11.6 Å². The number of benzene rings is 2. The van der Waals surface area contributed by atoms with E-state index in [0.717, 1.165) is 12.8 Å². The molecule has 1 fully saturated rings. The van der Waals surface area contributed by atoms with E-state index in [0.29, 0.717) is 34.4 Å². The second-order valence-electron chi connectivity index (χ2n) is 7.01. The first kappa shape index (κ1) is 20.4. The van der Waals surface area contributed by atoms with Crippen LogP contribution in [0, 0.1) is 5.82 Å². The van der Waals surface area contributed by atoms with Gasteiger partial charge >= 0.3 is 0 Å². The van der Waals surface area contributed by atoms with Gasteiger partial charge in [-0.15, -0.1) is 10.2 Å². The van der Waals surface area contributed by atoms with Crippen molar-refractivity contribution in [1.29, 1.82) is 0 Å². The molecule has 30 heavy (non-hydrogen) atoms. The zero-order chi connectivity index (χ0) is 21.1. The van der Waals surface area contributed by atoms with E-state index in [2.05, 4.69) is 15.5 Å². The topological polar surface area (TPSA) is 75.2 Å². The minimum atomic E-state index is -0.436. The highest BCUT2D eigenvalue weighted by atomic mass is 35.5. The van der Waals surface area contributed by atoms with Crippen molar-refractivity contribution >= 4 is 40.4 Å². The Morgan fingerprint density at radius 3 is 2.80 bits per heavy atom. The van der Waals surface area contributed by atoms with E-state index in [1.807, 2.05) is 0 Å². The van der Waals surface area contributed by atoms with Crippen molar-refractivity contribution in [3.63, 3.8) is 0 Å². The summed E-state index contributed by atoms with van der Waals surface area (Å²) in [7, 11) is 0. The van der Waals surface area contributed by atoms with E-state index in [1.54, 1.807) is 35.2 Å². The maximum Gasteiger partial charge on any atom is 0.286 e. The van der Waals surface area contributed by atoms with Crippen LogP contribution in [0.5, 0.6) is 0 Å². The number of hydrogen-bond acceptors (Lipinski definition) is 5. The third kappa shape index (κ3) is 4.66. The van der Waals surface area contributed by atoms with E-state index < -0.39 is 5.82 Å². The molecule has 1 aliphatic rings. The molecule has 1 saturated heterocycles. The molecule has 3 aromatic rings. The summed E-state index contributed by atoms with van der Waals surface area (Å²) in [5, 5.41) is 12.4. The Morgan fingerprint density at radius 2 is 2.00 bits per heavy atom. The molecule has 0 bridgehead atoms. The molecule has 0 spiro atoms. The second kappa shape index (κ2) is 8.89. The van der Waals surface area contributed by atoms with Crippen LogP contribution in [0.15, 0.2) is 48.5 Å². The molecule has 1 aromatic heterocycles. The number of carbonyl (C=O) groups excluding carboxylic acids is 2. The highest BCUT2D eigenvalue weighted by molar-refractivity contribution is 7.13. The lowest BCUT2D eigenvalue weighted by atomic mass is 9.98. The van der Waals surface area contributed by atoms with Gasteiger partial charge in [-0.25, -0.2) is 4.39 Å². The van der Waals surface area contributed by atoms with Crippen LogP contribution >= 0.6 is 22.9 Å². The molecule has 0 radical (unpaired) electrons.